The van der Waals surface area contributed by atoms with E-state index < -0.39 is 6.04 Å². The first-order valence-electron chi connectivity index (χ1n) is 8.21. The average molecular weight is 312 g/mol. The molecule has 0 bridgehead atoms. The van der Waals surface area contributed by atoms with Crippen molar-refractivity contribution in [3.8, 4) is 0 Å². The number of carbonyl (C=O) groups is 2. The topological polar surface area (TPSA) is 51.5 Å². The van der Waals surface area contributed by atoms with Gasteiger partial charge in [-0.15, -0.1) is 0 Å². The van der Waals surface area contributed by atoms with E-state index in [2.05, 4.69) is 0 Å². The maximum Gasteiger partial charge on any atom is 0.253 e. The van der Waals surface area contributed by atoms with Crippen molar-refractivity contribution in [3.63, 3.8) is 0 Å². The molecule has 2 aliphatic heterocycles. The van der Waals surface area contributed by atoms with Crippen LogP contribution in [0.1, 0.15) is 31.0 Å². The molecular formula is C18H20N2O3. The first-order chi connectivity index (χ1) is 11.2. The van der Waals surface area contributed by atoms with Crippen LogP contribution >= 0.6 is 0 Å². The highest BCUT2D eigenvalue weighted by Gasteiger charge is 2.44. The molecule has 1 aromatic heterocycles. The van der Waals surface area contributed by atoms with E-state index in [1.54, 1.807) is 15.7 Å². The van der Waals surface area contributed by atoms with Crippen LogP contribution < -0.4 is 0 Å². The van der Waals surface area contributed by atoms with Gasteiger partial charge in [0, 0.05) is 24.1 Å². The Morgan fingerprint density at radius 2 is 2.00 bits per heavy atom. The van der Waals surface area contributed by atoms with Crippen molar-refractivity contribution in [2.24, 2.45) is 5.92 Å². The Labute approximate surface area is 134 Å². The van der Waals surface area contributed by atoms with Crippen molar-refractivity contribution < 1.29 is 14.3 Å². The quantitative estimate of drug-likeness (QED) is 0.813. The number of nitrogens with zero attached hydrogens (tertiary/aromatic N) is 2. The zero-order chi connectivity index (χ0) is 16.0. The Kier molecular flexibility index (Phi) is 3.45. The molecule has 5 nitrogen and oxygen atoms in total. The number of fused-ring (bicyclic) bond motifs is 2. The predicted molar refractivity (Wildman–Crippen MR) is 86.0 cm³/mol. The van der Waals surface area contributed by atoms with Gasteiger partial charge in [0.2, 0.25) is 5.91 Å². The molecule has 0 aliphatic carbocycles. The van der Waals surface area contributed by atoms with Gasteiger partial charge in [-0.2, -0.15) is 0 Å². The molecule has 0 spiro atoms. The Morgan fingerprint density at radius 3 is 2.87 bits per heavy atom. The predicted octanol–water partition coefficient (Wildman–Crippen LogP) is 2.66. The van der Waals surface area contributed by atoms with Gasteiger partial charge in [-0.1, -0.05) is 25.1 Å². The highest BCUT2D eigenvalue weighted by atomic mass is 16.5. The van der Waals surface area contributed by atoms with Crippen LogP contribution in [0.5, 0.6) is 0 Å². The number of hydrogen-bond donors (Lipinski definition) is 0. The minimum Gasteiger partial charge on any atom is -0.358 e. The normalized spacial score (nSPS) is 28.0. The lowest BCUT2D eigenvalue weighted by molar-refractivity contribution is -0.142. The first kappa shape index (κ1) is 14.5. The number of hydrogen-bond acceptors (Lipinski definition) is 3. The summed E-state index contributed by atoms with van der Waals surface area (Å²) in [7, 11) is 0. The van der Waals surface area contributed by atoms with Crippen LogP contribution in [-0.2, 0) is 9.53 Å². The van der Waals surface area contributed by atoms with Crippen molar-refractivity contribution >= 4 is 22.7 Å². The molecule has 2 aromatic rings. The van der Waals surface area contributed by atoms with Crippen molar-refractivity contribution in [3.05, 3.63) is 36.5 Å². The second-order valence-corrected chi connectivity index (χ2v) is 6.44. The van der Waals surface area contributed by atoms with Crippen LogP contribution in [0.25, 0.3) is 10.9 Å². The minimum absolute atomic E-state index is 0.0415. The van der Waals surface area contributed by atoms with Gasteiger partial charge in [0.1, 0.15) is 12.3 Å². The molecule has 120 valence electrons. The molecule has 0 unspecified atom stereocenters. The fourth-order valence-electron chi connectivity index (χ4n) is 3.68. The third-order valence-electron chi connectivity index (χ3n) is 4.99. The summed E-state index contributed by atoms with van der Waals surface area (Å²) in [6, 6.07) is 9.30. The average Bonchev–Trinajstić information content (AvgIpc) is 3.14. The number of para-hydroxylation sites is 1. The Hall–Kier alpha value is -2.14. The van der Waals surface area contributed by atoms with E-state index in [0.717, 1.165) is 23.7 Å². The van der Waals surface area contributed by atoms with E-state index in [0.29, 0.717) is 13.0 Å². The van der Waals surface area contributed by atoms with Crippen molar-refractivity contribution in [1.29, 1.82) is 0 Å². The summed E-state index contributed by atoms with van der Waals surface area (Å²) in [4.78, 5) is 27.4. The van der Waals surface area contributed by atoms with Gasteiger partial charge < -0.3 is 9.64 Å². The van der Waals surface area contributed by atoms with Crippen LogP contribution in [0, 0.1) is 5.92 Å². The smallest absolute Gasteiger partial charge is 0.253 e. The molecular weight excluding hydrogens is 292 g/mol. The molecule has 3 atom stereocenters. The summed E-state index contributed by atoms with van der Waals surface area (Å²) in [5.74, 6) is -0.0885. The number of amides is 1. The SMILES string of the molecule is C[C@H]1CCO[C@H]2CC[C@@H](C(=O)n3ccc4ccccc43)N2C1=O. The van der Waals surface area contributed by atoms with Gasteiger partial charge in [-0.05, 0) is 31.4 Å². The largest absolute Gasteiger partial charge is 0.358 e. The van der Waals surface area contributed by atoms with Gasteiger partial charge in [-0.25, -0.2) is 0 Å². The number of ether oxygens (including phenoxy) is 1. The van der Waals surface area contributed by atoms with Crippen LogP contribution in [0.2, 0.25) is 0 Å². The van der Waals surface area contributed by atoms with Crippen molar-refractivity contribution in [2.45, 2.75) is 38.5 Å². The number of benzene rings is 1. The Balaban J connectivity index is 1.69. The van der Waals surface area contributed by atoms with Crippen molar-refractivity contribution in [2.75, 3.05) is 6.61 Å². The second-order valence-electron chi connectivity index (χ2n) is 6.44. The molecule has 3 heterocycles. The molecule has 1 amide bonds. The first-order valence-corrected chi connectivity index (χ1v) is 8.21. The molecule has 0 saturated carbocycles. The maximum absolute atomic E-state index is 13.1. The molecule has 0 radical (unpaired) electrons. The molecule has 4 rings (SSSR count). The van der Waals surface area contributed by atoms with Gasteiger partial charge in [0.25, 0.3) is 5.91 Å². The van der Waals surface area contributed by atoms with Crippen molar-refractivity contribution in [1.82, 2.24) is 9.47 Å². The van der Waals surface area contributed by atoms with Gasteiger partial charge in [-0.3, -0.25) is 14.2 Å². The lowest BCUT2D eigenvalue weighted by Crippen LogP contribution is -2.47. The molecule has 1 aromatic carbocycles. The Bertz CT molecular complexity index is 766. The third-order valence-corrected chi connectivity index (χ3v) is 4.99. The lowest BCUT2D eigenvalue weighted by Gasteiger charge is -2.28. The minimum atomic E-state index is -0.427. The third kappa shape index (κ3) is 2.27. The van der Waals surface area contributed by atoms with E-state index in [4.69, 9.17) is 4.74 Å². The summed E-state index contributed by atoms with van der Waals surface area (Å²) < 4.78 is 7.47. The van der Waals surface area contributed by atoms with E-state index in [1.165, 1.54) is 0 Å². The summed E-state index contributed by atoms with van der Waals surface area (Å²) in [6.07, 6.45) is 3.66. The summed E-state index contributed by atoms with van der Waals surface area (Å²) in [5, 5.41) is 1.03. The van der Waals surface area contributed by atoms with Gasteiger partial charge in [0.15, 0.2) is 0 Å². The maximum atomic E-state index is 13.1. The van der Waals surface area contributed by atoms with E-state index in [9.17, 15) is 9.59 Å². The molecule has 2 fully saturated rings. The van der Waals surface area contributed by atoms with Crippen LogP contribution in [0.3, 0.4) is 0 Å². The zero-order valence-electron chi connectivity index (χ0n) is 13.1. The lowest BCUT2D eigenvalue weighted by atomic mass is 10.1. The standard InChI is InChI=1S/C18H20N2O3/c1-12-9-11-23-16-7-6-15(20(16)17(12)21)18(22)19-10-8-13-4-2-3-5-14(13)19/h2-5,8,10,12,15-16H,6-7,9,11H2,1H3/t12-,15-,16-/m0/s1. The highest BCUT2D eigenvalue weighted by Crippen LogP contribution is 2.32. The van der Waals surface area contributed by atoms with Crippen LogP contribution in [0.4, 0.5) is 0 Å². The molecule has 2 aliphatic rings. The molecule has 23 heavy (non-hydrogen) atoms. The zero-order valence-corrected chi connectivity index (χ0v) is 13.1. The fraction of sp³-hybridized carbons (Fsp3) is 0.444. The Morgan fingerprint density at radius 1 is 1.17 bits per heavy atom. The fourth-order valence-corrected chi connectivity index (χ4v) is 3.68. The summed E-state index contributed by atoms with van der Waals surface area (Å²) >= 11 is 0. The van der Waals surface area contributed by atoms with E-state index >= 15 is 0 Å². The van der Waals surface area contributed by atoms with Crippen LogP contribution in [0.15, 0.2) is 36.5 Å². The molecule has 2 saturated heterocycles. The monoisotopic (exact) mass is 312 g/mol. The van der Waals surface area contributed by atoms with Crippen LogP contribution in [-0.4, -0.2) is 40.2 Å². The van der Waals surface area contributed by atoms with Gasteiger partial charge in [0.05, 0.1) is 5.52 Å². The second kappa shape index (κ2) is 5.49. The summed E-state index contributed by atoms with van der Waals surface area (Å²) in [5.41, 5.74) is 0.886. The molecule has 5 heteroatoms. The number of aromatic nitrogens is 1. The molecule has 0 N–H and O–H groups in total. The number of rotatable bonds is 1. The van der Waals surface area contributed by atoms with E-state index in [1.807, 2.05) is 37.3 Å². The highest BCUT2D eigenvalue weighted by molar-refractivity contribution is 5.97. The number of carbonyl (C=O) groups excluding carboxylic acids is 2. The summed E-state index contributed by atoms with van der Waals surface area (Å²) in [6.45, 7) is 2.50. The van der Waals surface area contributed by atoms with E-state index in [-0.39, 0.29) is 24.0 Å². The van der Waals surface area contributed by atoms with Gasteiger partial charge >= 0.3 is 0 Å².